The number of aryl methyl sites for hydroxylation is 1. The molecule has 2 aromatic rings. The van der Waals surface area contributed by atoms with E-state index >= 15 is 0 Å². The summed E-state index contributed by atoms with van der Waals surface area (Å²) in [5.74, 6) is -1.22. The molecule has 0 bridgehead atoms. The van der Waals surface area contributed by atoms with Gasteiger partial charge in [-0.1, -0.05) is 60.7 Å². The first-order chi connectivity index (χ1) is 11.6. The highest BCUT2D eigenvalue weighted by atomic mass is 16.3. The van der Waals surface area contributed by atoms with Gasteiger partial charge in [-0.3, -0.25) is 9.59 Å². The van der Waals surface area contributed by atoms with Crippen molar-refractivity contribution in [2.45, 2.75) is 31.4 Å². The smallest absolute Gasteiger partial charge is 0.254 e. The molecule has 0 saturated heterocycles. The van der Waals surface area contributed by atoms with Gasteiger partial charge in [0.2, 0.25) is 5.91 Å². The molecule has 2 rings (SSSR count). The zero-order valence-electron chi connectivity index (χ0n) is 13.4. The monoisotopic (exact) mass is 326 g/mol. The van der Waals surface area contributed by atoms with Crippen LogP contribution < -0.4 is 11.1 Å². The Kier molecular flexibility index (Phi) is 6.51. The Bertz CT molecular complexity index is 659. The van der Waals surface area contributed by atoms with E-state index in [0.29, 0.717) is 18.4 Å². The molecule has 0 heterocycles. The lowest BCUT2D eigenvalue weighted by Gasteiger charge is -2.18. The van der Waals surface area contributed by atoms with Gasteiger partial charge in [0.25, 0.3) is 5.91 Å². The van der Waals surface area contributed by atoms with Crippen molar-refractivity contribution >= 4 is 11.8 Å². The van der Waals surface area contributed by atoms with Gasteiger partial charge in [0.1, 0.15) is 6.04 Å². The van der Waals surface area contributed by atoms with E-state index in [-0.39, 0.29) is 0 Å². The number of aliphatic hydroxyl groups excluding tert-OH is 1. The largest absolute Gasteiger partial charge is 0.378 e. The van der Waals surface area contributed by atoms with Crippen molar-refractivity contribution in [3.05, 3.63) is 71.8 Å². The Labute approximate surface area is 141 Å². The normalized spacial score (nSPS) is 13.0. The fourth-order valence-electron chi connectivity index (χ4n) is 2.48. The van der Waals surface area contributed by atoms with Gasteiger partial charge in [-0.2, -0.15) is 0 Å². The maximum absolute atomic E-state index is 12.1. The molecule has 0 aliphatic rings. The van der Waals surface area contributed by atoms with E-state index in [1.165, 1.54) is 0 Å². The predicted octanol–water partition coefficient (Wildman–Crippen LogP) is 1.71. The van der Waals surface area contributed by atoms with Gasteiger partial charge in [0, 0.05) is 0 Å². The molecule has 2 aromatic carbocycles. The van der Waals surface area contributed by atoms with Crippen LogP contribution in [0.15, 0.2) is 60.7 Å². The first-order valence-corrected chi connectivity index (χ1v) is 7.94. The van der Waals surface area contributed by atoms with Crippen LogP contribution >= 0.6 is 0 Å². The van der Waals surface area contributed by atoms with Gasteiger partial charge in [0.05, 0.1) is 0 Å². The number of nitrogens with one attached hydrogen (secondary N) is 1. The fourth-order valence-corrected chi connectivity index (χ4v) is 2.48. The van der Waals surface area contributed by atoms with E-state index in [1.807, 2.05) is 30.3 Å². The molecular weight excluding hydrogens is 304 g/mol. The molecule has 0 aliphatic carbocycles. The van der Waals surface area contributed by atoms with Crippen molar-refractivity contribution < 1.29 is 14.7 Å². The van der Waals surface area contributed by atoms with Crippen LogP contribution in [-0.2, 0) is 16.0 Å². The Morgan fingerprint density at radius 3 is 2.17 bits per heavy atom. The second-order valence-electron chi connectivity index (χ2n) is 5.65. The van der Waals surface area contributed by atoms with Crippen molar-refractivity contribution in [1.29, 1.82) is 0 Å². The zero-order valence-corrected chi connectivity index (χ0v) is 13.4. The fraction of sp³-hybridized carbons (Fsp3) is 0.263. The molecular formula is C19H22N2O3. The summed E-state index contributed by atoms with van der Waals surface area (Å²) in [6.45, 7) is 0. The van der Waals surface area contributed by atoms with Crippen LogP contribution in [0.5, 0.6) is 0 Å². The molecule has 0 aliphatic heterocycles. The third-order valence-electron chi connectivity index (χ3n) is 3.82. The van der Waals surface area contributed by atoms with Crippen LogP contribution in [0.25, 0.3) is 0 Å². The maximum Gasteiger partial charge on any atom is 0.254 e. The van der Waals surface area contributed by atoms with E-state index in [4.69, 9.17) is 5.73 Å². The average molecular weight is 326 g/mol. The van der Waals surface area contributed by atoms with Crippen LogP contribution in [0, 0.1) is 0 Å². The zero-order chi connectivity index (χ0) is 17.4. The summed E-state index contributed by atoms with van der Waals surface area (Å²) in [4.78, 5) is 23.7. The number of carbonyl (C=O) groups is 2. The lowest BCUT2D eigenvalue weighted by Crippen LogP contribution is -2.46. The lowest BCUT2D eigenvalue weighted by atomic mass is 10.0. The number of carbonyl (C=O) groups excluding carboxylic acids is 2. The van der Waals surface area contributed by atoms with Crippen LogP contribution in [0.2, 0.25) is 0 Å². The Morgan fingerprint density at radius 1 is 1.00 bits per heavy atom. The number of hydrogen-bond acceptors (Lipinski definition) is 3. The molecule has 126 valence electrons. The van der Waals surface area contributed by atoms with Crippen LogP contribution in [0.3, 0.4) is 0 Å². The second kappa shape index (κ2) is 8.84. The van der Waals surface area contributed by atoms with Crippen molar-refractivity contribution in [1.82, 2.24) is 5.32 Å². The topological polar surface area (TPSA) is 92.4 Å². The Hall–Kier alpha value is -2.66. The van der Waals surface area contributed by atoms with Crippen molar-refractivity contribution in [3.8, 4) is 0 Å². The van der Waals surface area contributed by atoms with E-state index in [0.717, 1.165) is 12.0 Å². The Morgan fingerprint density at radius 2 is 1.58 bits per heavy atom. The molecule has 0 aromatic heterocycles. The number of primary amides is 1. The molecule has 2 amide bonds. The summed E-state index contributed by atoms with van der Waals surface area (Å²) in [5.41, 5.74) is 7.01. The van der Waals surface area contributed by atoms with Gasteiger partial charge >= 0.3 is 0 Å². The van der Waals surface area contributed by atoms with Crippen molar-refractivity contribution in [3.63, 3.8) is 0 Å². The Balaban J connectivity index is 1.88. The van der Waals surface area contributed by atoms with Crippen LogP contribution in [0.1, 0.15) is 30.1 Å². The average Bonchev–Trinajstić information content (AvgIpc) is 2.61. The molecule has 0 saturated carbocycles. The number of benzene rings is 2. The molecule has 0 unspecified atom stereocenters. The quantitative estimate of drug-likeness (QED) is 0.689. The molecule has 2 atom stereocenters. The van der Waals surface area contributed by atoms with Crippen LogP contribution in [0.4, 0.5) is 0 Å². The van der Waals surface area contributed by atoms with Gasteiger partial charge in [-0.05, 0) is 30.4 Å². The number of aliphatic hydroxyl groups is 1. The van der Waals surface area contributed by atoms with E-state index in [1.54, 1.807) is 30.3 Å². The molecule has 5 nitrogen and oxygen atoms in total. The summed E-state index contributed by atoms with van der Waals surface area (Å²) >= 11 is 0. The van der Waals surface area contributed by atoms with E-state index < -0.39 is 24.0 Å². The predicted molar refractivity (Wildman–Crippen MR) is 91.9 cm³/mol. The number of amides is 2. The summed E-state index contributed by atoms with van der Waals surface area (Å²) in [6.07, 6.45) is 0.612. The maximum atomic E-state index is 12.1. The molecule has 0 fully saturated rings. The van der Waals surface area contributed by atoms with Crippen molar-refractivity contribution in [2.75, 3.05) is 0 Å². The number of rotatable bonds is 8. The minimum Gasteiger partial charge on any atom is -0.378 e. The summed E-state index contributed by atoms with van der Waals surface area (Å²) in [5, 5.41) is 12.6. The first kappa shape index (κ1) is 17.7. The molecule has 0 spiro atoms. The molecule has 5 heteroatoms. The minimum absolute atomic E-state index is 0.428. The highest BCUT2D eigenvalue weighted by Crippen LogP contribution is 2.13. The van der Waals surface area contributed by atoms with E-state index in [2.05, 4.69) is 5.32 Å². The SMILES string of the molecule is NC(=O)[C@H](CCCc1ccccc1)NC(=O)[C@@H](O)c1ccccc1. The number of nitrogens with two attached hydrogens (primary N) is 1. The van der Waals surface area contributed by atoms with Crippen molar-refractivity contribution in [2.24, 2.45) is 5.73 Å². The number of hydrogen-bond donors (Lipinski definition) is 3. The van der Waals surface area contributed by atoms with Gasteiger partial charge in [-0.25, -0.2) is 0 Å². The minimum atomic E-state index is -1.32. The van der Waals surface area contributed by atoms with Gasteiger partial charge in [0.15, 0.2) is 6.10 Å². The molecule has 0 radical (unpaired) electrons. The van der Waals surface area contributed by atoms with E-state index in [9.17, 15) is 14.7 Å². The van der Waals surface area contributed by atoms with Gasteiger partial charge < -0.3 is 16.2 Å². The third-order valence-corrected chi connectivity index (χ3v) is 3.82. The summed E-state index contributed by atoms with van der Waals surface area (Å²) in [6, 6.07) is 17.7. The highest BCUT2D eigenvalue weighted by molar-refractivity contribution is 5.88. The van der Waals surface area contributed by atoms with Gasteiger partial charge in [-0.15, -0.1) is 0 Å². The summed E-state index contributed by atoms with van der Waals surface area (Å²) in [7, 11) is 0. The first-order valence-electron chi connectivity index (χ1n) is 7.94. The highest BCUT2D eigenvalue weighted by Gasteiger charge is 2.23. The molecule has 4 N–H and O–H groups in total. The second-order valence-corrected chi connectivity index (χ2v) is 5.65. The standard InChI is InChI=1S/C19H22N2O3/c20-18(23)16(13-7-10-14-8-3-1-4-9-14)21-19(24)17(22)15-11-5-2-6-12-15/h1-6,8-9,11-12,16-17,22H,7,10,13H2,(H2,20,23)(H,21,24)/t16-,17-/m0/s1. The lowest BCUT2D eigenvalue weighted by molar-refractivity contribution is -0.133. The van der Waals surface area contributed by atoms with Crippen LogP contribution in [-0.4, -0.2) is 23.0 Å². The summed E-state index contributed by atoms with van der Waals surface area (Å²) < 4.78 is 0. The third kappa shape index (κ3) is 5.21. The molecule has 24 heavy (non-hydrogen) atoms.